The van der Waals surface area contributed by atoms with Crippen LogP contribution in [0, 0.1) is 0 Å². The number of hydrogen-bond donors (Lipinski definition) is 3. The average molecular weight is 449 g/mol. The first kappa shape index (κ1) is 20.9. The molecule has 0 spiro atoms. The Balaban J connectivity index is 1.79. The van der Waals surface area contributed by atoms with Crippen LogP contribution in [-0.4, -0.2) is 34.8 Å². The van der Waals surface area contributed by atoms with Crippen LogP contribution in [0.25, 0.3) is 0 Å². The quantitative estimate of drug-likeness (QED) is 0.645. The van der Waals surface area contributed by atoms with Crippen molar-refractivity contribution in [1.29, 1.82) is 0 Å². The summed E-state index contributed by atoms with van der Waals surface area (Å²) >= 11 is 0. The van der Waals surface area contributed by atoms with Gasteiger partial charge in [0.25, 0.3) is 15.9 Å². The molecule has 3 rings (SSSR count). The number of carbonyl (C=O) groups excluding carboxylic acids is 1. The van der Waals surface area contributed by atoms with E-state index in [1.807, 2.05) is 0 Å². The van der Waals surface area contributed by atoms with Crippen LogP contribution in [0.15, 0.2) is 47.4 Å². The van der Waals surface area contributed by atoms with Crippen molar-refractivity contribution in [3.8, 4) is 0 Å². The van der Waals surface area contributed by atoms with Gasteiger partial charge in [0.2, 0.25) is 0 Å². The molecule has 2 aromatic rings. The molecule has 0 saturated carbocycles. The number of sulfonamides is 2. The van der Waals surface area contributed by atoms with Crippen molar-refractivity contribution >= 4 is 37.3 Å². The second-order valence-electron chi connectivity index (χ2n) is 6.06. The van der Waals surface area contributed by atoms with Gasteiger partial charge in [0.15, 0.2) is 0 Å². The molecule has 0 saturated heterocycles. The maximum absolute atomic E-state index is 12.5. The monoisotopic (exact) mass is 449 g/mol. The Kier molecular flexibility index (Phi) is 5.21. The van der Waals surface area contributed by atoms with Crippen molar-refractivity contribution in [2.75, 3.05) is 16.0 Å². The predicted octanol–water partition coefficient (Wildman–Crippen LogP) is 2.03. The fraction of sp³-hybridized carbons (Fsp3) is 0.188. The fourth-order valence-corrected chi connectivity index (χ4v) is 4.24. The van der Waals surface area contributed by atoms with Gasteiger partial charge in [0.05, 0.1) is 4.90 Å². The summed E-state index contributed by atoms with van der Waals surface area (Å²) in [5.41, 5.74) is -4.92. The Morgan fingerprint density at radius 3 is 2.07 bits per heavy atom. The van der Waals surface area contributed by atoms with Gasteiger partial charge in [-0.2, -0.15) is 21.6 Å². The summed E-state index contributed by atoms with van der Waals surface area (Å²) in [4.78, 5) is 11.7. The minimum atomic E-state index is -5.58. The molecule has 0 aromatic heterocycles. The number of benzene rings is 2. The average Bonchev–Trinajstić information content (AvgIpc) is 2.62. The van der Waals surface area contributed by atoms with Crippen molar-refractivity contribution < 1.29 is 34.8 Å². The first-order chi connectivity index (χ1) is 13.4. The first-order valence-corrected chi connectivity index (χ1v) is 11.0. The molecule has 2 aromatic carbocycles. The van der Waals surface area contributed by atoms with Crippen molar-refractivity contribution in [3.05, 3.63) is 53.6 Å². The largest absolute Gasteiger partial charge is 0.516 e. The minimum absolute atomic E-state index is 0.0119. The van der Waals surface area contributed by atoms with Crippen LogP contribution in [0.2, 0.25) is 0 Å². The Bertz CT molecular complexity index is 1160. The SMILES string of the molecule is O=C1NCCc2ccc(S(=O)(=O)Nc3ccc(NS(=O)(=O)C(F)(F)F)cc3)cc21. The Morgan fingerprint density at radius 1 is 0.897 bits per heavy atom. The molecule has 8 nitrogen and oxygen atoms in total. The minimum Gasteiger partial charge on any atom is -0.352 e. The van der Waals surface area contributed by atoms with Crippen molar-refractivity contribution in [2.45, 2.75) is 16.8 Å². The van der Waals surface area contributed by atoms with E-state index in [0.29, 0.717) is 18.5 Å². The Morgan fingerprint density at radius 2 is 1.48 bits per heavy atom. The molecule has 1 heterocycles. The summed E-state index contributed by atoms with van der Waals surface area (Å²) in [7, 11) is -9.67. The van der Waals surface area contributed by atoms with Gasteiger partial charge in [-0.25, -0.2) is 8.42 Å². The normalized spacial score (nSPS) is 14.7. The second kappa shape index (κ2) is 7.22. The molecule has 1 aliphatic rings. The lowest BCUT2D eigenvalue weighted by molar-refractivity contribution is -0.0429. The molecule has 1 amide bonds. The number of anilines is 2. The maximum Gasteiger partial charge on any atom is 0.516 e. The van der Waals surface area contributed by atoms with Crippen molar-refractivity contribution in [3.63, 3.8) is 0 Å². The fourth-order valence-electron chi connectivity index (χ4n) is 2.59. The summed E-state index contributed by atoms with van der Waals surface area (Å²) in [6.07, 6.45) is 0.574. The summed E-state index contributed by atoms with van der Waals surface area (Å²) < 4.78 is 88.0. The van der Waals surface area contributed by atoms with Crippen LogP contribution in [0.5, 0.6) is 0 Å². The van der Waals surface area contributed by atoms with Crippen LogP contribution < -0.4 is 14.8 Å². The van der Waals surface area contributed by atoms with E-state index < -0.39 is 31.2 Å². The summed E-state index contributed by atoms with van der Waals surface area (Å²) in [5, 5.41) is 2.61. The number of alkyl halides is 3. The highest BCUT2D eigenvalue weighted by Gasteiger charge is 2.46. The first-order valence-electron chi connectivity index (χ1n) is 8.02. The maximum atomic E-state index is 12.5. The van der Waals surface area contributed by atoms with Crippen LogP contribution >= 0.6 is 0 Å². The second-order valence-corrected chi connectivity index (χ2v) is 9.42. The van der Waals surface area contributed by atoms with Crippen molar-refractivity contribution in [2.24, 2.45) is 0 Å². The van der Waals surface area contributed by atoms with E-state index in [4.69, 9.17) is 0 Å². The Labute approximate surface area is 164 Å². The lowest BCUT2D eigenvalue weighted by Gasteiger charge is -2.17. The molecule has 29 heavy (non-hydrogen) atoms. The number of rotatable bonds is 5. The smallest absolute Gasteiger partial charge is 0.352 e. The molecule has 0 bridgehead atoms. The topological polar surface area (TPSA) is 121 Å². The van der Waals surface area contributed by atoms with Crippen LogP contribution in [0.4, 0.5) is 24.5 Å². The number of hydrogen-bond acceptors (Lipinski definition) is 5. The zero-order valence-corrected chi connectivity index (χ0v) is 16.1. The lowest BCUT2D eigenvalue weighted by Crippen LogP contribution is -2.32. The molecule has 3 N–H and O–H groups in total. The number of carbonyl (C=O) groups is 1. The summed E-state index contributed by atoms with van der Waals surface area (Å²) in [5.74, 6) is -0.385. The molecular formula is C16H14F3N3O5S2. The summed E-state index contributed by atoms with van der Waals surface area (Å²) in [6.45, 7) is 0.459. The van der Waals surface area contributed by atoms with Gasteiger partial charge < -0.3 is 5.32 Å². The highest BCUT2D eigenvalue weighted by atomic mass is 32.2. The number of nitrogens with one attached hydrogen (secondary N) is 3. The van der Waals surface area contributed by atoms with Gasteiger partial charge in [-0.05, 0) is 48.4 Å². The molecular weight excluding hydrogens is 435 g/mol. The molecule has 0 aliphatic carbocycles. The van der Waals surface area contributed by atoms with E-state index in [0.717, 1.165) is 24.3 Å². The van der Waals surface area contributed by atoms with Crippen LogP contribution in [-0.2, 0) is 26.5 Å². The van der Waals surface area contributed by atoms with E-state index in [9.17, 15) is 34.8 Å². The highest BCUT2D eigenvalue weighted by Crippen LogP contribution is 2.27. The number of amides is 1. The van der Waals surface area contributed by atoms with E-state index in [1.165, 1.54) is 22.9 Å². The molecule has 0 radical (unpaired) electrons. The molecule has 13 heteroatoms. The van der Waals surface area contributed by atoms with Gasteiger partial charge >= 0.3 is 15.5 Å². The molecule has 0 atom stereocenters. The number of fused-ring (bicyclic) bond motifs is 1. The van der Waals surface area contributed by atoms with Crippen LogP contribution in [0.1, 0.15) is 15.9 Å². The van der Waals surface area contributed by atoms with Gasteiger partial charge in [0, 0.05) is 23.5 Å². The molecule has 156 valence electrons. The van der Waals surface area contributed by atoms with Crippen molar-refractivity contribution in [1.82, 2.24) is 5.32 Å². The standard InChI is InChI=1S/C16H14F3N3O5S2/c17-16(18,19)29(26,27)22-12-4-2-11(3-5-12)21-28(24,25)13-6-1-10-7-8-20-15(23)14(10)9-13/h1-6,9,21-22H,7-8H2,(H,20,23). The third-order valence-electron chi connectivity index (χ3n) is 4.01. The van der Waals surface area contributed by atoms with Gasteiger partial charge in [-0.3, -0.25) is 14.2 Å². The third kappa shape index (κ3) is 4.45. The van der Waals surface area contributed by atoms with Gasteiger partial charge in [-0.1, -0.05) is 6.07 Å². The third-order valence-corrected chi connectivity index (χ3v) is 6.50. The zero-order chi connectivity index (χ0) is 21.4. The highest BCUT2D eigenvalue weighted by molar-refractivity contribution is 7.93. The van der Waals surface area contributed by atoms with E-state index in [-0.39, 0.29) is 22.1 Å². The van der Waals surface area contributed by atoms with E-state index in [2.05, 4.69) is 10.0 Å². The van der Waals surface area contributed by atoms with Gasteiger partial charge in [0.1, 0.15) is 0 Å². The molecule has 1 aliphatic heterocycles. The summed E-state index contributed by atoms with van der Waals surface area (Å²) in [6, 6.07) is 8.25. The van der Waals surface area contributed by atoms with E-state index >= 15 is 0 Å². The van der Waals surface area contributed by atoms with Crippen LogP contribution in [0.3, 0.4) is 0 Å². The predicted molar refractivity (Wildman–Crippen MR) is 98.3 cm³/mol. The zero-order valence-electron chi connectivity index (χ0n) is 14.4. The number of halogens is 3. The lowest BCUT2D eigenvalue weighted by atomic mass is 10.0. The van der Waals surface area contributed by atoms with Gasteiger partial charge in [-0.15, -0.1) is 0 Å². The Hall–Kier alpha value is -2.80. The molecule has 0 fully saturated rings. The molecule has 0 unspecified atom stereocenters. The van der Waals surface area contributed by atoms with E-state index in [1.54, 1.807) is 0 Å².